The van der Waals surface area contributed by atoms with Crippen LogP contribution in [0.4, 0.5) is 5.82 Å². The lowest BCUT2D eigenvalue weighted by molar-refractivity contribution is -0.129. The Kier molecular flexibility index (Phi) is 3.49. The molecule has 1 amide bonds. The maximum absolute atomic E-state index is 11.6. The standard InChI is InChI=1S/C10H11Br2N3O/c1-14-2-3-15(6-9(14)16)10-8(12)4-7(11)5-13-10/h4-5H,2-3,6H2,1H3. The highest BCUT2D eigenvalue weighted by Crippen LogP contribution is 2.27. The summed E-state index contributed by atoms with van der Waals surface area (Å²) in [4.78, 5) is 19.6. The number of hydrogen-bond donors (Lipinski definition) is 0. The molecule has 1 aliphatic heterocycles. The van der Waals surface area contributed by atoms with Gasteiger partial charge in [-0.15, -0.1) is 0 Å². The van der Waals surface area contributed by atoms with E-state index < -0.39 is 0 Å². The topological polar surface area (TPSA) is 36.4 Å². The zero-order valence-electron chi connectivity index (χ0n) is 8.78. The summed E-state index contributed by atoms with van der Waals surface area (Å²) in [5.41, 5.74) is 0. The summed E-state index contributed by atoms with van der Waals surface area (Å²) in [5.74, 6) is 0.951. The van der Waals surface area contributed by atoms with Gasteiger partial charge in [0.2, 0.25) is 5.91 Å². The first-order chi connectivity index (χ1) is 7.58. The van der Waals surface area contributed by atoms with E-state index in [9.17, 15) is 4.79 Å². The number of likely N-dealkylation sites (N-methyl/N-ethyl adjacent to an activating group) is 1. The molecule has 1 aromatic heterocycles. The van der Waals surface area contributed by atoms with E-state index in [0.29, 0.717) is 6.54 Å². The number of carbonyl (C=O) groups excluding carboxylic acids is 1. The fraction of sp³-hybridized carbons (Fsp3) is 0.400. The number of halogens is 2. The van der Waals surface area contributed by atoms with Gasteiger partial charge in [0.1, 0.15) is 5.82 Å². The molecule has 0 spiro atoms. The van der Waals surface area contributed by atoms with Crippen LogP contribution in [-0.2, 0) is 4.79 Å². The zero-order chi connectivity index (χ0) is 11.7. The molecule has 2 heterocycles. The summed E-state index contributed by atoms with van der Waals surface area (Å²) in [6.45, 7) is 1.95. The Labute approximate surface area is 111 Å². The number of amides is 1. The van der Waals surface area contributed by atoms with Crippen molar-refractivity contribution in [2.24, 2.45) is 0 Å². The Bertz CT molecular complexity index is 425. The van der Waals surface area contributed by atoms with E-state index in [0.717, 1.165) is 27.9 Å². The van der Waals surface area contributed by atoms with Crippen LogP contribution in [0, 0.1) is 0 Å². The quantitative estimate of drug-likeness (QED) is 0.777. The van der Waals surface area contributed by atoms with Crippen molar-refractivity contribution in [3.63, 3.8) is 0 Å². The van der Waals surface area contributed by atoms with E-state index in [1.54, 1.807) is 11.1 Å². The molecule has 16 heavy (non-hydrogen) atoms. The summed E-state index contributed by atoms with van der Waals surface area (Å²) >= 11 is 6.81. The van der Waals surface area contributed by atoms with Crippen molar-refractivity contribution >= 4 is 43.6 Å². The van der Waals surface area contributed by atoms with Crippen molar-refractivity contribution in [1.29, 1.82) is 0 Å². The molecule has 1 aromatic rings. The average molecular weight is 349 g/mol. The van der Waals surface area contributed by atoms with E-state index in [4.69, 9.17) is 0 Å². The first-order valence-corrected chi connectivity index (χ1v) is 6.46. The van der Waals surface area contributed by atoms with Crippen molar-refractivity contribution in [3.05, 3.63) is 21.2 Å². The largest absolute Gasteiger partial charge is 0.345 e. The smallest absolute Gasteiger partial charge is 0.241 e. The predicted molar refractivity (Wildman–Crippen MR) is 69.5 cm³/mol. The molecule has 1 saturated heterocycles. The molecule has 1 fully saturated rings. The molecule has 0 radical (unpaired) electrons. The lowest BCUT2D eigenvalue weighted by atomic mass is 10.3. The van der Waals surface area contributed by atoms with Crippen LogP contribution >= 0.6 is 31.9 Å². The molecule has 86 valence electrons. The van der Waals surface area contributed by atoms with Crippen molar-refractivity contribution in [1.82, 2.24) is 9.88 Å². The fourth-order valence-electron chi connectivity index (χ4n) is 1.58. The van der Waals surface area contributed by atoms with Crippen molar-refractivity contribution < 1.29 is 4.79 Å². The van der Waals surface area contributed by atoms with Crippen LogP contribution in [0.5, 0.6) is 0 Å². The number of pyridine rings is 1. The van der Waals surface area contributed by atoms with Gasteiger partial charge in [-0.25, -0.2) is 4.98 Å². The lowest BCUT2D eigenvalue weighted by Gasteiger charge is -2.33. The van der Waals surface area contributed by atoms with E-state index >= 15 is 0 Å². The van der Waals surface area contributed by atoms with Gasteiger partial charge in [0.15, 0.2) is 0 Å². The first kappa shape index (κ1) is 11.9. The molecule has 0 aliphatic carbocycles. The predicted octanol–water partition coefficient (Wildman–Crippen LogP) is 1.88. The van der Waals surface area contributed by atoms with Crippen LogP contribution in [-0.4, -0.2) is 42.5 Å². The number of piperazine rings is 1. The SMILES string of the molecule is CN1CCN(c2ncc(Br)cc2Br)CC1=O. The number of nitrogens with zero attached hydrogens (tertiary/aromatic N) is 3. The normalized spacial score (nSPS) is 16.8. The molecule has 0 atom stereocenters. The van der Waals surface area contributed by atoms with Crippen molar-refractivity contribution in [3.8, 4) is 0 Å². The molecule has 1 aliphatic rings. The van der Waals surface area contributed by atoms with Crippen LogP contribution in [0.2, 0.25) is 0 Å². The minimum atomic E-state index is 0.128. The molecular formula is C10H11Br2N3O. The summed E-state index contributed by atoms with van der Waals surface area (Å²) in [6, 6.07) is 1.94. The van der Waals surface area contributed by atoms with Gasteiger partial charge in [-0.1, -0.05) is 0 Å². The molecule has 2 rings (SSSR count). The molecule has 4 nitrogen and oxygen atoms in total. The van der Waals surface area contributed by atoms with Gasteiger partial charge in [-0.05, 0) is 37.9 Å². The number of anilines is 1. The summed E-state index contributed by atoms with van der Waals surface area (Å²) in [6.07, 6.45) is 1.74. The van der Waals surface area contributed by atoms with E-state index in [-0.39, 0.29) is 5.91 Å². The number of aromatic nitrogens is 1. The molecule has 0 N–H and O–H groups in total. The Hall–Kier alpha value is -0.620. The van der Waals surface area contributed by atoms with Gasteiger partial charge >= 0.3 is 0 Å². The lowest BCUT2D eigenvalue weighted by Crippen LogP contribution is -2.48. The second kappa shape index (κ2) is 4.71. The molecule has 0 saturated carbocycles. The van der Waals surface area contributed by atoms with Crippen molar-refractivity contribution in [2.45, 2.75) is 0 Å². The second-order valence-corrected chi connectivity index (χ2v) is 5.47. The van der Waals surface area contributed by atoms with Gasteiger partial charge in [0, 0.05) is 30.8 Å². The van der Waals surface area contributed by atoms with Gasteiger partial charge in [-0.3, -0.25) is 4.79 Å². The van der Waals surface area contributed by atoms with E-state index in [1.165, 1.54) is 0 Å². The Morgan fingerprint density at radius 3 is 2.75 bits per heavy atom. The zero-order valence-corrected chi connectivity index (χ0v) is 12.0. The summed E-state index contributed by atoms with van der Waals surface area (Å²) < 4.78 is 1.82. The minimum absolute atomic E-state index is 0.128. The molecule has 0 unspecified atom stereocenters. The summed E-state index contributed by atoms with van der Waals surface area (Å²) in [5, 5.41) is 0. The van der Waals surface area contributed by atoms with Crippen LogP contribution in [0.3, 0.4) is 0 Å². The van der Waals surface area contributed by atoms with E-state index in [2.05, 4.69) is 36.8 Å². The maximum atomic E-state index is 11.6. The Morgan fingerprint density at radius 2 is 2.12 bits per heavy atom. The number of rotatable bonds is 1. The highest BCUT2D eigenvalue weighted by Gasteiger charge is 2.23. The van der Waals surface area contributed by atoms with Crippen LogP contribution < -0.4 is 4.90 Å². The molecule has 6 heteroatoms. The second-order valence-electron chi connectivity index (χ2n) is 3.70. The van der Waals surface area contributed by atoms with Crippen molar-refractivity contribution in [2.75, 3.05) is 31.6 Å². The highest BCUT2D eigenvalue weighted by molar-refractivity contribution is 9.11. The van der Waals surface area contributed by atoms with E-state index in [1.807, 2.05) is 18.0 Å². The molecule has 0 aromatic carbocycles. The number of carbonyl (C=O) groups is 1. The summed E-state index contributed by atoms with van der Waals surface area (Å²) in [7, 11) is 1.82. The first-order valence-electron chi connectivity index (χ1n) is 4.88. The third kappa shape index (κ3) is 2.38. The van der Waals surface area contributed by atoms with Gasteiger partial charge in [0.25, 0.3) is 0 Å². The van der Waals surface area contributed by atoms with Gasteiger partial charge in [0.05, 0.1) is 11.0 Å². The molecular weight excluding hydrogens is 338 g/mol. The maximum Gasteiger partial charge on any atom is 0.241 e. The third-order valence-corrected chi connectivity index (χ3v) is 3.56. The van der Waals surface area contributed by atoms with Crippen LogP contribution in [0.1, 0.15) is 0 Å². The number of hydrogen-bond acceptors (Lipinski definition) is 3. The third-order valence-electron chi connectivity index (χ3n) is 2.55. The highest BCUT2D eigenvalue weighted by atomic mass is 79.9. The van der Waals surface area contributed by atoms with Gasteiger partial charge < -0.3 is 9.80 Å². The van der Waals surface area contributed by atoms with Crippen LogP contribution in [0.15, 0.2) is 21.2 Å². The minimum Gasteiger partial charge on any atom is -0.345 e. The van der Waals surface area contributed by atoms with Crippen LogP contribution in [0.25, 0.3) is 0 Å². The Balaban J connectivity index is 2.22. The molecule has 0 bridgehead atoms. The Morgan fingerprint density at radius 1 is 1.38 bits per heavy atom. The monoisotopic (exact) mass is 347 g/mol. The fourth-order valence-corrected chi connectivity index (χ4v) is 2.82. The average Bonchev–Trinajstić information content (AvgIpc) is 2.22. The van der Waals surface area contributed by atoms with Gasteiger partial charge in [-0.2, -0.15) is 0 Å².